The molecule has 1 aromatic carbocycles. The minimum absolute atomic E-state index is 0.0914. The summed E-state index contributed by atoms with van der Waals surface area (Å²) in [6.07, 6.45) is 5.22. The van der Waals surface area contributed by atoms with Gasteiger partial charge in [0.15, 0.2) is 0 Å². The van der Waals surface area contributed by atoms with Gasteiger partial charge < -0.3 is 5.73 Å². The first-order chi connectivity index (χ1) is 8.18. The highest BCUT2D eigenvalue weighted by Gasteiger charge is 2.53. The molecule has 2 fully saturated rings. The Morgan fingerprint density at radius 1 is 1.24 bits per heavy atom. The van der Waals surface area contributed by atoms with Crippen LogP contribution in [-0.2, 0) is 0 Å². The number of nitrogens with two attached hydrogens (primary N) is 1. The largest absolute Gasteiger partial charge is 0.324 e. The van der Waals surface area contributed by atoms with Crippen LogP contribution in [0.15, 0.2) is 18.2 Å². The molecule has 3 atom stereocenters. The van der Waals surface area contributed by atoms with Crippen LogP contribution in [0.5, 0.6) is 0 Å². The van der Waals surface area contributed by atoms with Gasteiger partial charge in [0.05, 0.1) is 0 Å². The fourth-order valence-electron chi connectivity index (χ4n) is 3.56. The van der Waals surface area contributed by atoms with Crippen molar-refractivity contribution in [2.45, 2.75) is 31.7 Å². The number of halogens is 2. The molecule has 2 aliphatic carbocycles. The van der Waals surface area contributed by atoms with Crippen LogP contribution < -0.4 is 5.73 Å². The average molecular weight is 254 g/mol. The van der Waals surface area contributed by atoms with Crippen molar-refractivity contribution < 1.29 is 4.39 Å². The second-order valence-corrected chi connectivity index (χ2v) is 5.79. The molecule has 0 heterocycles. The molecule has 1 aromatic rings. The van der Waals surface area contributed by atoms with Crippen molar-refractivity contribution in [3.8, 4) is 0 Å². The van der Waals surface area contributed by atoms with Gasteiger partial charge in [0.25, 0.3) is 0 Å². The molecule has 2 aliphatic rings. The average Bonchev–Trinajstić information content (AvgIpc) is 3.05. The van der Waals surface area contributed by atoms with Crippen LogP contribution in [0, 0.1) is 23.6 Å². The monoisotopic (exact) mass is 253 g/mol. The Bertz CT molecular complexity index is 422. The quantitative estimate of drug-likeness (QED) is 0.850. The molecule has 0 amide bonds. The summed E-state index contributed by atoms with van der Waals surface area (Å²) >= 11 is 6.11. The third-order valence-corrected chi connectivity index (χ3v) is 4.80. The van der Waals surface area contributed by atoms with E-state index in [-0.39, 0.29) is 11.9 Å². The molecule has 92 valence electrons. The highest BCUT2D eigenvalue weighted by molar-refractivity contribution is 6.31. The Morgan fingerprint density at radius 2 is 1.88 bits per heavy atom. The number of rotatable bonds is 2. The van der Waals surface area contributed by atoms with Gasteiger partial charge in [-0.1, -0.05) is 24.4 Å². The van der Waals surface area contributed by atoms with Crippen molar-refractivity contribution in [3.05, 3.63) is 34.6 Å². The van der Waals surface area contributed by atoms with Crippen LogP contribution in [0.25, 0.3) is 0 Å². The minimum atomic E-state index is -0.247. The van der Waals surface area contributed by atoms with E-state index >= 15 is 0 Å². The predicted octanol–water partition coefficient (Wildman–Crippen LogP) is 3.92. The Hall–Kier alpha value is -0.600. The third-order valence-electron chi connectivity index (χ3n) is 4.45. The molecule has 0 spiro atoms. The van der Waals surface area contributed by atoms with E-state index in [9.17, 15) is 4.39 Å². The number of benzene rings is 1. The van der Waals surface area contributed by atoms with Gasteiger partial charge in [-0.25, -0.2) is 4.39 Å². The van der Waals surface area contributed by atoms with E-state index in [0.717, 1.165) is 17.4 Å². The second kappa shape index (κ2) is 4.25. The van der Waals surface area contributed by atoms with E-state index in [4.69, 9.17) is 17.3 Å². The van der Waals surface area contributed by atoms with E-state index in [2.05, 4.69) is 0 Å². The fourth-order valence-corrected chi connectivity index (χ4v) is 3.80. The summed E-state index contributed by atoms with van der Waals surface area (Å²) in [5.74, 6) is 1.80. The molecule has 1 nitrogen and oxygen atoms in total. The van der Waals surface area contributed by atoms with Gasteiger partial charge >= 0.3 is 0 Å². The predicted molar refractivity (Wildman–Crippen MR) is 67.3 cm³/mol. The molecule has 3 unspecified atom stereocenters. The first kappa shape index (κ1) is 11.5. The first-order valence-corrected chi connectivity index (χ1v) is 6.77. The standard InChI is InChI=1S/C14H17ClFN/c15-12-6-5-8(16)7-11(12)14(17)13-9-3-1-2-4-10(9)13/h5-7,9-10,13-14H,1-4,17H2. The second-order valence-electron chi connectivity index (χ2n) is 5.38. The van der Waals surface area contributed by atoms with E-state index in [1.807, 2.05) is 0 Å². The molecular weight excluding hydrogens is 237 g/mol. The van der Waals surface area contributed by atoms with E-state index in [1.165, 1.54) is 37.8 Å². The summed E-state index contributed by atoms with van der Waals surface area (Å²) in [5.41, 5.74) is 7.06. The lowest BCUT2D eigenvalue weighted by molar-refractivity contribution is 0.480. The van der Waals surface area contributed by atoms with Crippen LogP contribution in [0.2, 0.25) is 5.02 Å². The maximum atomic E-state index is 13.2. The van der Waals surface area contributed by atoms with Crippen molar-refractivity contribution in [3.63, 3.8) is 0 Å². The summed E-state index contributed by atoms with van der Waals surface area (Å²) in [6, 6.07) is 4.40. The normalized spacial score (nSPS) is 33.0. The maximum Gasteiger partial charge on any atom is 0.123 e. The molecule has 3 heteroatoms. The lowest BCUT2D eigenvalue weighted by Gasteiger charge is -2.14. The molecule has 0 bridgehead atoms. The summed E-state index contributed by atoms with van der Waals surface area (Å²) in [5, 5.41) is 0.600. The molecule has 0 aliphatic heterocycles. The first-order valence-electron chi connectivity index (χ1n) is 6.39. The van der Waals surface area contributed by atoms with Crippen molar-refractivity contribution in [2.75, 3.05) is 0 Å². The molecule has 0 radical (unpaired) electrons. The zero-order valence-corrected chi connectivity index (χ0v) is 10.5. The molecule has 3 rings (SSSR count). The lowest BCUT2D eigenvalue weighted by atomic mass is 10.0. The Kier molecular flexibility index (Phi) is 2.87. The van der Waals surface area contributed by atoms with Crippen LogP contribution in [0.1, 0.15) is 37.3 Å². The summed E-state index contributed by atoms with van der Waals surface area (Å²) < 4.78 is 13.2. The smallest absolute Gasteiger partial charge is 0.123 e. The number of fused-ring (bicyclic) bond motifs is 1. The van der Waals surface area contributed by atoms with Gasteiger partial charge in [0.1, 0.15) is 5.82 Å². The van der Waals surface area contributed by atoms with Crippen molar-refractivity contribution >= 4 is 11.6 Å². The van der Waals surface area contributed by atoms with Gasteiger partial charge in [-0.15, -0.1) is 0 Å². The van der Waals surface area contributed by atoms with Crippen molar-refractivity contribution in [2.24, 2.45) is 23.5 Å². The fraction of sp³-hybridized carbons (Fsp3) is 0.571. The number of hydrogen-bond donors (Lipinski definition) is 1. The van der Waals surface area contributed by atoms with E-state index < -0.39 is 0 Å². The highest BCUT2D eigenvalue weighted by atomic mass is 35.5. The van der Waals surface area contributed by atoms with E-state index in [0.29, 0.717) is 10.9 Å². The van der Waals surface area contributed by atoms with Gasteiger partial charge in [-0.05, 0) is 54.4 Å². The summed E-state index contributed by atoms with van der Waals surface area (Å²) in [7, 11) is 0. The Labute approximate surface area is 106 Å². The highest BCUT2D eigenvalue weighted by Crippen LogP contribution is 2.60. The minimum Gasteiger partial charge on any atom is -0.324 e. The summed E-state index contributed by atoms with van der Waals surface area (Å²) in [6.45, 7) is 0. The van der Waals surface area contributed by atoms with Crippen LogP contribution in [-0.4, -0.2) is 0 Å². The molecule has 0 aromatic heterocycles. The van der Waals surface area contributed by atoms with Gasteiger partial charge in [0, 0.05) is 11.1 Å². The summed E-state index contributed by atoms with van der Waals surface area (Å²) in [4.78, 5) is 0. The zero-order chi connectivity index (χ0) is 12.0. The molecule has 0 saturated heterocycles. The van der Waals surface area contributed by atoms with Gasteiger partial charge in [-0.2, -0.15) is 0 Å². The van der Waals surface area contributed by atoms with Gasteiger partial charge in [-0.3, -0.25) is 0 Å². The van der Waals surface area contributed by atoms with Crippen molar-refractivity contribution in [1.82, 2.24) is 0 Å². The maximum absolute atomic E-state index is 13.2. The third kappa shape index (κ3) is 1.98. The molecule has 2 N–H and O–H groups in total. The Morgan fingerprint density at radius 3 is 2.53 bits per heavy atom. The Balaban J connectivity index is 1.82. The van der Waals surface area contributed by atoms with Crippen LogP contribution in [0.4, 0.5) is 4.39 Å². The van der Waals surface area contributed by atoms with Crippen LogP contribution in [0.3, 0.4) is 0 Å². The van der Waals surface area contributed by atoms with Crippen LogP contribution >= 0.6 is 11.6 Å². The van der Waals surface area contributed by atoms with E-state index in [1.54, 1.807) is 6.07 Å². The van der Waals surface area contributed by atoms with Crippen molar-refractivity contribution in [1.29, 1.82) is 0 Å². The molecule has 2 saturated carbocycles. The number of hydrogen-bond acceptors (Lipinski definition) is 1. The van der Waals surface area contributed by atoms with Gasteiger partial charge in [0.2, 0.25) is 0 Å². The lowest BCUT2D eigenvalue weighted by Crippen LogP contribution is -2.15. The molecule has 17 heavy (non-hydrogen) atoms. The zero-order valence-electron chi connectivity index (χ0n) is 9.70. The SMILES string of the molecule is NC(c1cc(F)ccc1Cl)C1C2CCCCC21. The molecular formula is C14H17ClFN. The topological polar surface area (TPSA) is 26.0 Å².